The van der Waals surface area contributed by atoms with Crippen LogP contribution in [0.25, 0.3) is 11.6 Å². The van der Waals surface area contributed by atoms with Crippen LogP contribution in [0.15, 0.2) is 48.7 Å². The van der Waals surface area contributed by atoms with Crippen LogP contribution in [-0.2, 0) is 19.1 Å². The average Bonchev–Trinajstić information content (AvgIpc) is 3.10. The molecule has 0 saturated carbocycles. The number of hydrogen-bond acceptors (Lipinski definition) is 5. The topological polar surface area (TPSA) is 65.1 Å². The highest BCUT2D eigenvalue weighted by Crippen LogP contribution is 2.41. The third kappa shape index (κ3) is 8.52. The number of benzene rings is 2. The molecule has 0 spiro atoms. The number of nitrogens with zero attached hydrogens (tertiary/aromatic N) is 1. The number of likely N-dealkylation sites (N-methyl/N-ethyl adjacent to an activating group) is 1. The summed E-state index contributed by atoms with van der Waals surface area (Å²) in [6.45, 7) is 16.8. The van der Waals surface area contributed by atoms with Crippen LogP contribution in [0, 0.1) is 0 Å². The molecule has 1 aliphatic heterocycles. The van der Waals surface area contributed by atoms with Crippen molar-refractivity contribution in [2.75, 3.05) is 18.6 Å². The van der Waals surface area contributed by atoms with Crippen LogP contribution in [0.3, 0.4) is 0 Å². The van der Waals surface area contributed by atoms with Crippen molar-refractivity contribution in [3.8, 4) is 5.75 Å². The van der Waals surface area contributed by atoms with E-state index in [4.69, 9.17) is 32.7 Å². The largest absolute Gasteiger partial charge is 0.495 e. The van der Waals surface area contributed by atoms with E-state index in [1.165, 1.54) is 0 Å². The first-order chi connectivity index (χ1) is 18.8. The first-order valence-electron chi connectivity index (χ1n) is 13.5. The van der Waals surface area contributed by atoms with Crippen LogP contribution >= 0.6 is 23.2 Å². The average molecular weight is 591 g/mol. The number of carbonyl (C=O) groups excluding carboxylic acids is 2. The van der Waals surface area contributed by atoms with Crippen molar-refractivity contribution < 1.29 is 23.8 Å². The summed E-state index contributed by atoms with van der Waals surface area (Å²) in [5.74, 6) is 1.15. The predicted molar refractivity (Wildman–Crippen MR) is 165 cm³/mol. The number of anilines is 1. The highest BCUT2D eigenvalue weighted by Gasteiger charge is 2.37. The Hall–Kier alpha value is -2.96. The number of halogens is 2. The molecule has 6 nitrogen and oxygen atoms in total. The summed E-state index contributed by atoms with van der Waals surface area (Å²) in [7, 11) is 1.74. The van der Waals surface area contributed by atoms with E-state index in [0.29, 0.717) is 40.2 Å². The Morgan fingerprint density at radius 1 is 1.00 bits per heavy atom. The van der Waals surface area contributed by atoms with E-state index in [0.717, 1.165) is 42.5 Å². The molecule has 0 bridgehead atoms. The summed E-state index contributed by atoms with van der Waals surface area (Å²) in [4.78, 5) is 24.3. The fourth-order valence-electron chi connectivity index (χ4n) is 4.47. The maximum Gasteiger partial charge on any atom is 0.293 e. The smallest absolute Gasteiger partial charge is 0.293 e. The second kappa shape index (κ2) is 14.6. The van der Waals surface area contributed by atoms with E-state index in [1.807, 2.05) is 52.0 Å². The molecule has 1 heterocycles. The van der Waals surface area contributed by atoms with Crippen LogP contribution in [0.1, 0.15) is 78.4 Å². The van der Waals surface area contributed by atoms with Crippen LogP contribution in [0.4, 0.5) is 5.69 Å². The summed E-state index contributed by atoms with van der Waals surface area (Å²) < 4.78 is 17.1. The second-order valence-corrected chi connectivity index (χ2v) is 11.4. The van der Waals surface area contributed by atoms with Gasteiger partial charge in [0.25, 0.3) is 12.4 Å². The number of rotatable bonds is 11. The molecule has 0 unspecified atom stereocenters. The predicted octanol–water partition coefficient (Wildman–Crippen LogP) is 8.74. The fourth-order valence-corrected chi connectivity index (χ4v) is 4.81. The summed E-state index contributed by atoms with van der Waals surface area (Å²) in [5, 5.41) is 1.14. The first kappa shape index (κ1) is 33.2. The molecule has 8 heteroatoms. The van der Waals surface area contributed by atoms with Crippen molar-refractivity contribution in [2.24, 2.45) is 0 Å². The van der Waals surface area contributed by atoms with Crippen molar-refractivity contribution in [3.63, 3.8) is 0 Å². The van der Waals surface area contributed by atoms with E-state index < -0.39 is 5.60 Å². The van der Waals surface area contributed by atoms with E-state index in [2.05, 4.69) is 25.2 Å². The quantitative estimate of drug-likeness (QED) is 0.149. The van der Waals surface area contributed by atoms with E-state index in [-0.39, 0.29) is 11.5 Å². The van der Waals surface area contributed by atoms with Gasteiger partial charge in [0.05, 0.1) is 12.3 Å². The molecule has 1 aliphatic rings. The highest BCUT2D eigenvalue weighted by molar-refractivity contribution is 6.37. The minimum Gasteiger partial charge on any atom is -0.495 e. The standard InChI is InChI=1S/C27H31Cl2NO3.C5H10O2/c1-6-13-27(14-7-2,18(4)32-8-3)33-25-12-10-20(28)15-19(25)16-23-22-11-9-21(29)17-24(22)30(5)26(23)31;1-5(2,3)7-4-6/h9-12,15-17H,4,6-8,13-14H2,1-3,5H3;4H,1-3H3/b23-16+;. The lowest BCUT2D eigenvalue weighted by Crippen LogP contribution is -2.39. The van der Waals surface area contributed by atoms with Crippen molar-refractivity contribution in [1.82, 2.24) is 0 Å². The molecule has 2 aromatic carbocycles. The van der Waals surface area contributed by atoms with Crippen LogP contribution < -0.4 is 9.64 Å². The monoisotopic (exact) mass is 589 g/mol. The van der Waals surface area contributed by atoms with Crippen molar-refractivity contribution in [1.29, 1.82) is 0 Å². The first-order valence-corrected chi connectivity index (χ1v) is 14.3. The van der Waals surface area contributed by atoms with Crippen LogP contribution in [-0.4, -0.2) is 37.2 Å². The van der Waals surface area contributed by atoms with Crippen molar-refractivity contribution in [2.45, 2.75) is 78.4 Å². The zero-order valence-electron chi connectivity index (χ0n) is 24.6. The van der Waals surface area contributed by atoms with Gasteiger partial charge in [-0.2, -0.15) is 0 Å². The Bertz CT molecular complexity index is 1230. The molecule has 3 rings (SSSR count). The van der Waals surface area contributed by atoms with Gasteiger partial charge in [-0.1, -0.05) is 62.5 Å². The molecular weight excluding hydrogens is 549 g/mol. The third-order valence-corrected chi connectivity index (χ3v) is 6.73. The van der Waals surface area contributed by atoms with Crippen LogP contribution in [0.5, 0.6) is 5.75 Å². The zero-order valence-corrected chi connectivity index (χ0v) is 26.1. The second-order valence-electron chi connectivity index (χ2n) is 10.5. The van der Waals surface area contributed by atoms with Gasteiger partial charge in [-0.25, -0.2) is 0 Å². The molecule has 0 saturated heterocycles. The minimum atomic E-state index is -0.664. The molecule has 0 fully saturated rings. The Morgan fingerprint density at radius 2 is 1.60 bits per heavy atom. The molecule has 0 atom stereocenters. The number of amides is 1. The molecular formula is C32H41Cl2NO5. The van der Waals surface area contributed by atoms with Crippen molar-refractivity contribution in [3.05, 3.63) is 69.9 Å². The summed E-state index contributed by atoms with van der Waals surface area (Å²) >= 11 is 12.5. The van der Waals surface area contributed by atoms with E-state index in [9.17, 15) is 9.59 Å². The van der Waals surface area contributed by atoms with Gasteiger partial charge < -0.3 is 19.1 Å². The maximum absolute atomic E-state index is 13.1. The normalized spacial score (nSPS) is 13.9. The number of fused-ring (bicyclic) bond motifs is 1. The lowest BCUT2D eigenvalue weighted by molar-refractivity contribution is -0.138. The molecule has 2 aromatic rings. The lowest BCUT2D eigenvalue weighted by atomic mass is 9.90. The van der Waals surface area contributed by atoms with Gasteiger partial charge in [0.1, 0.15) is 17.1 Å². The van der Waals surface area contributed by atoms with Gasteiger partial charge in [0.15, 0.2) is 5.60 Å². The molecule has 40 heavy (non-hydrogen) atoms. The fraction of sp³-hybridized carbons (Fsp3) is 0.438. The van der Waals surface area contributed by atoms with E-state index >= 15 is 0 Å². The SMILES string of the molecule is C=C(OCC)C(CCC)(CCC)Oc1ccc(Cl)cc1/C=C1/C(=O)N(C)c2cc(Cl)ccc21.CC(C)(C)OC=O. The number of hydrogen-bond donors (Lipinski definition) is 0. The van der Waals surface area contributed by atoms with Gasteiger partial charge in [-0.15, -0.1) is 0 Å². The summed E-state index contributed by atoms with van der Waals surface area (Å²) in [6.07, 6.45) is 5.19. The Labute approximate surface area is 248 Å². The third-order valence-electron chi connectivity index (χ3n) is 6.26. The maximum atomic E-state index is 13.1. The zero-order chi connectivity index (χ0) is 30.1. The number of carbonyl (C=O) groups is 2. The molecule has 0 aromatic heterocycles. The van der Waals surface area contributed by atoms with Gasteiger partial charge >= 0.3 is 0 Å². The highest BCUT2D eigenvalue weighted by atomic mass is 35.5. The van der Waals surface area contributed by atoms with Gasteiger partial charge in [0.2, 0.25) is 0 Å². The molecule has 218 valence electrons. The van der Waals surface area contributed by atoms with Crippen molar-refractivity contribution >= 4 is 52.9 Å². The van der Waals surface area contributed by atoms with E-state index in [1.54, 1.807) is 30.1 Å². The Balaban J connectivity index is 0.000000708. The van der Waals surface area contributed by atoms with Crippen LogP contribution in [0.2, 0.25) is 10.0 Å². The summed E-state index contributed by atoms with van der Waals surface area (Å²) in [5.41, 5.74) is 1.91. The molecule has 0 radical (unpaired) electrons. The minimum absolute atomic E-state index is 0.106. The summed E-state index contributed by atoms with van der Waals surface area (Å²) in [6, 6.07) is 10.9. The Kier molecular flexibility index (Phi) is 12.1. The number of ether oxygens (including phenoxy) is 3. The lowest BCUT2D eigenvalue weighted by Gasteiger charge is -2.36. The van der Waals surface area contributed by atoms with Gasteiger partial charge in [-0.05, 0) is 76.9 Å². The van der Waals surface area contributed by atoms with Gasteiger partial charge in [-0.3, -0.25) is 9.59 Å². The Morgan fingerprint density at radius 3 is 2.12 bits per heavy atom. The molecule has 1 amide bonds. The molecule has 0 N–H and O–H groups in total. The molecule has 0 aliphatic carbocycles. The van der Waals surface area contributed by atoms with Gasteiger partial charge in [0, 0.05) is 33.8 Å².